The van der Waals surface area contributed by atoms with Gasteiger partial charge in [-0.1, -0.05) is 127 Å². The van der Waals surface area contributed by atoms with Gasteiger partial charge in [0.15, 0.2) is 5.58 Å². The quantitative estimate of drug-likeness (QED) is 0.176. The fraction of sp³-hybridized carbons (Fsp3) is 0.0385. The molecule has 3 aromatic heterocycles. The van der Waals surface area contributed by atoms with Crippen LogP contribution in [-0.4, -0.2) is 4.57 Å². The Labute approximate surface area is 326 Å². The van der Waals surface area contributed by atoms with Gasteiger partial charge < -0.3 is 13.9 Å². The lowest BCUT2D eigenvalue weighted by Crippen LogP contribution is -2.32. The van der Waals surface area contributed by atoms with E-state index in [1.165, 1.54) is 69.2 Å². The van der Waals surface area contributed by atoms with Crippen molar-refractivity contribution >= 4 is 99.1 Å². The predicted octanol–water partition coefficient (Wildman–Crippen LogP) is 13.2. The molecule has 0 saturated carbocycles. The molecular weight excluding hydrogens is 701 g/mol. The highest BCUT2D eigenvalue weighted by Gasteiger charge is 2.24. The van der Waals surface area contributed by atoms with Crippen LogP contribution in [0, 0.1) is 0 Å². The monoisotopic (exact) mass is 734 g/mol. The zero-order chi connectivity index (χ0) is 36.7. The Morgan fingerprint density at radius 1 is 0.554 bits per heavy atom. The summed E-state index contributed by atoms with van der Waals surface area (Å²) in [5, 5.41) is 10.0. The number of nitrogens with zero attached hydrogens (tertiary/aromatic N) is 2. The molecule has 0 atom stereocenters. The fourth-order valence-corrected chi connectivity index (χ4v) is 10.4. The standard InChI is InChI=1S/C52H34N2OS/c1-2-13-36(14-3-1)53-44-31-27-34-12-4-5-15-38(34)50(44)43-30-26-35(32-47(43)53)33-24-28-37(29-25-33)54(45-20-10-18-41-39-16-6-8-22-48(39)55-51(41)45)46-21-11-19-42-40-17-7-9-23-49(40)56-52(42)46/h1-10,12-20,22-32H,11,21H2. The van der Waals surface area contributed by atoms with Crippen LogP contribution in [0.25, 0.3) is 93.2 Å². The van der Waals surface area contributed by atoms with Crippen LogP contribution < -0.4 is 14.7 Å². The topological polar surface area (TPSA) is 21.3 Å². The number of hydrogen-bond donors (Lipinski definition) is 0. The maximum absolute atomic E-state index is 6.70. The van der Waals surface area contributed by atoms with Crippen molar-refractivity contribution in [2.24, 2.45) is 0 Å². The van der Waals surface area contributed by atoms with Crippen molar-refractivity contribution in [3.63, 3.8) is 0 Å². The van der Waals surface area contributed by atoms with E-state index in [2.05, 4.69) is 191 Å². The molecule has 0 fully saturated rings. The summed E-state index contributed by atoms with van der Waals surface area (Å²) in [6.07, 6.45) is 4.35. The van der Waals surface area contributed by atoms with E-state index < -0.39 is 0 Å². The van der Waals surface area contributed by atoms with E-state index in [0.29, 0.717) is 0 Å². The van der Waals surface area contributed by atoms with Crippen LogP contribution in [0.2, 0.25) is 0 Å². The lowest BCUT2D eigenvalue weighted by Gasteiger charge is -2.29. The summed E-state index contributed by atoms with van der Waals surface area (Å²) < 4.78 is 11.8. The normalized spacial score (nSPS) is 13.0. The number of rotatable bonds is 5. The lowest BCUT2D eigenvalue weighted by molar-refractivity contribution is 0.669. The van der Waals surface area contributed by atoms with Gasteiger partial charge in [-0.15, -0.1) is 11.3 Å². The average molecular weight is 735 g/mol. The molecule has 8 aromatic carbocycles. The zero-order valence-electron chi connectivity index (χ0n) is 30.4. The van der Waals surface area contributed by atoms with Gasteiger partial charge in [0, 0.05) is 48.7 Å². The molecule has 11 aromatic rings. The van der Waals surface area contributed by atoms with E-state index in [1.807, 2.05) is 11.3 Å². The maximum atomic E-state index is 6.70. The molecule has 1 aliphatic rings. The molecule has 264 valence electrons. The van der Waals surface area contributed by atoms with E-state index in [4.69, 9.17) is 4.42 Å². The first-order valence-electron chi connectivity index (χ1n) is 19.3. The second-order valence-corrected chi connectivity index (χ2v) is 15.8. The Kier molecular flexibility index (Phi) is 6.92. The van der Waals surface area contributed by atoms with Crippen LogP contribution in [0.5, 0.6) is 0 Å². The molecule has 0 spiro atoms. The first-order chi connectivity index (χ1) is 27.8. The number of fused-ring (bicyclic) bond motifs is 11. The lowest BCUT2D eigenvalue weighted by atomic mass is 10.00. The van der Waals surface area contributed by atoms with Crippen molar-refractivity contribution in [2.75, 3.05) is 4.90 Å². The van der Waals surface area contributed by atoms with E-state index in [-0.39, 0.29) is 0 Å². The van der Waals surface area contributed by atoms with Crippen molar-refractivity contribution in [3.8, 4) is 16.8 Å². The number of aromatic nitrogens is 1. The minimum atomic E-state index is 0.908. The SMILES string of the molecule is C1=c2c(sc3ccccc23)=C(N(c2ccc(-c3ccc4c5c6ccccc6ccc5n(-c5ccccc5)c4c3)cc2)c2cccc3c2oc2ccccc23)CC1. The van der Waals surface area contributed by atoms with Crippen LogP contribution in [-0.2, 0) is 0 Å². The molecule has 12 rings (SSSR count). The molecule has 0 radical (unpaired) electrons. The smallest absolute Gasteiger partial charge is 0.159 e. The fourth-order valence-electron chi connectivity index (χ4n) is 9.14. The third kappa shape index (κ3) is 4.69. The summed E-state index contributed by atoms with van der Waals surface area (Å²) >= 11 is 1.90. The molecule has 0 amide bonds. The van der Waals surface area contributed by atoms with Gasteiger partial charge >= 0.3 is 0 Å². The second-order valence-electron chi connectivity index (χ2n) is 14.7. The Morgan fingerprint density at radius 2 is 1.30 bits per heavy atom. The van der Waals surface area contributed by atoms with Gasteiger partial charge in [0.1, 0.15) is 5.58 Å². The molecule has 0 aliphatic heterocycles. The average Bonchev–Trinajstić information content (AvgIpc) is 3.95. The Hall–Kier alpha value is -6.88. The molecule has 1 aliphatic carbocycles. The minimum absolute atomic E-state index is 0.908. The van der Waals surface area contributed by atoms with Gasteiger partial charge in [0.2, 0.25) is 0 Å². The summed E-state index contributed by atoms with van der Waals surface area (Å²) in [6, 6.07) is 63.9. The van der Waals surface area contributed by atoms with Gasteiger partial charge in [-0.2, -0.15) is 0 Å². The molecule has 0 N–H and O–H groups in total. The number of anilines is 2. The van der Waals surface area contributed by atoms with E-state index in [0.717, 1.165) is 51.8 Å². The van der Waals surface area contributed by atoms with E-state index >= 15 is 0 Å². The first kappa shape index (κ1) is 31.5. The van der Waals surface area contributed by atoms with Crippen molar-refractivity contribution in [2.45, 2.75) is 12.8 Å². The number of para-hydroxylation sites is 3. The Balaban J connectivity index is 1.06. The van der Waals surface area contributed by atoms with Gasteiger partial charge in [-0.3, -0.25) is 0 Å². The highest BCUT2D eigenvalue weighted by Crippen LogP contribution is 2.43. The number of hydrogen-bond acceptors (Lipinski definition) is 3. The van der Waals surface area contributed by atoms with Crippen LogP contribution >= 0.6 is 11.3 Å². The summed E-state index contributed by atoms with van der Waals surface area (Å²) in [7, 11) is 0. The summed E-state index contributed by atoms with van der Waals surface area (Å²) in [5.41, 5.74) is 11.3. The largest absolute Gasteiger partial charge is 0.454 e. The van der Waals surface area contributed by atoms with Gasteiger partial charge in [-0.05, 0) is 94.6 Å². The Bertz CT molecular complexity index is 3480. The van der Waals surface area contributed by atoms with Crippen molar-refractivity contribution in [1.29, 1.82) is 0 Å². The van der Waals surface area contributed by atoms with Crippen LogP contribution in [0.3, 0.4) is 0 Å². The summed E-state index contributed by atoms with van der Waals surface area (Å²) in [5.74, 6) is 0. The molecule has 3 nitrogen and oxygen atoms in total. The van der Waals surface area contributed by atoms with E-state index in [9.17, 15) is 0 Å². The van der Waals surface area contributed by atoms with Crippen molar-refractivity contribution < 1.29 is 4.42 Å². The molecule has 0 saturated heterocycles. The van der Waals surface area contributed by atoms with Gasteiger partial charge in [-0.25, -0.2) is 0 Å². The maximum Gasteiger partial charge on any atom is 0.159 e. The first-order valence-corrected chi connectivity index (χ1v) is 20.1. The molecule has 3 heterocycles. The molecule has 4 heteroatoms. The zero-order valence-corrected chi connectivity index (χ0v) is 31.3. The predicted molar refractivity (Wildman–Crippen MR) is 238 cm³/mol. The van der Waals surface area contributed by atoms with E-state index in [1.54, 1.807) is 0 Å². The molecule has 56 heavy (non-hydrogen) atoms. The summed E-state index contributed by atoms with van der Waals surface area (Å²) in [6.45, 7) is 0. The van der Waals surface area contributed by atoms with Crippen LogP contribution in [0.15, 0.2) is 180 Å². The minimum Gasteiger partial charge on any atom is -0.454 e. The molecule has 0 unspecified atom stereocenters. The molecule has 0 bridgehead atoms. The van der Waals surface area contributed by atoms with Crippen LogP contribution in [0.1, 0.15) is 12.8 Å². The number of thiophene rings is 1. The number of furan rings is 1. The van der Waals surface area contributed by atoms with Crippen molar-refractivity contribution in [1.82, 2.24) is 4.57 Å². The van der Waals surface area contributed by atoms with Crippen LogP contribution in [0.4, 0.5) is 11.4 Å². The highest BCUT2D eigenvalue weighted by atomic mass is 32.1. The Morgan fingerprint density at radius 3 is 2.20 bits per heavy atom. The summed E-state index contributed by atoms with van der Waals surface area (Å²) in [4.78, 5) is 2.47. The van der Waals surface area contributed by atoms with Gasteiger partial charge in [0.05, 0.1) is 21.3 Å². The highest BCUT2D eigenvalue weighted by molar-refractivity contribution is 7.17. The number of benzene rings is 8. The third-order valence-electron chi connectivity index (χ3n) is 11.6. The van der Waals surface area contributed by atoms with Crippen molar-refractivity contribution in [3.05, 3.63) is 186 Å². The molecular formula is C52H34N2OS. The third-order valence-corrected chi connectivity index (χ3v) is 12.9. The second kappa shape index (κ2) is 12.3. The van der Waals surface area contributed by atoms with Gasteiger partial charge in [0.25, 0.3) is 0 Å².